The summed E-state index contributed by atoms with van der Waals surface area (Å²) in [6.07, 6.45) is -0.518. The number of benzene rings is 1. The lowest BCUT2D eigenvalue weighted by atomic mass is 10.0. The third kappa shape index (κ3) is 5.18. The number of hydrogen-bond donors (Lipinski definition) is 2. The maximum atomic E-state index is 12.7. The normalized spacial score (nSPS) is 11.4. The number of nitrogens with zero attached hydrogens (tertiary/aromatic N) is 2. The van der Waals surface area contributed by atoms with Gasteiger partial charge in [-0.15, -0.1) is 0 Å². The average Bonchev–Trinajstić information content (AvgIpc) is 2.72. The Morgan fingerprint density at radius 2 is 2.00 bits per heavy atom. The number of anilines is 1. The molecule has 1 amide bonds. The van der Waals surface area contributed by atoms with Crippen molar-refractivity contribution in [2.75, 3.05) is 25.9 Å². The summed E-state index contributed by atoms with van der Waals surface area (Å²) >= 11 is 6.27. The van der Waals surface area contributed by atoms with E-state index in [2.05, 4.69) is 14.4 Å². The molecule has 0 unspecified atom stereocenters. The van der Waals surface area contributed by atoms with Gasteiger partial charge in [-0.1, -0.05) is 17.7 Å². The number of nitrogens with one attached hydrogen (secondary N) is 2. The van der Waals surface area contributed by atoms with Gasteiger partial charge in [-0.25, -0.2) is 19.3 Å². The molecule has 2 heterocycles. The minimum Gasteiger partial charge on any atom is -0.422 e. The first-order chi connectivity index (χ1) is 15.0. The summed E-state index contributed by atoms with van der Waals surface area (Å²) in [6, 6.07) is 7.72. The second-order valence-corrected chi connectivity index (χ2v) is 9.06. The highest BCUT2D eigenvalue weighted by Gasteiger charge is 2.18. The Labute approximate surface area is 189 Å². The van der Waals surface area contributed by atoms with Gasteiger partial charge in [0.25, 0.3) is 10.2 Å². The van der Waals surface area contributed by atoms with Gasteiger partial charge < -0.3 is 14.1 Å². The van der Waals surface area contributed by atoms with Crippen LogP contribution >= 0.6 is 11.6 Å². The van der Waals surface area contributed by atoms with Gasteiger partial charge in [-0.3, -0.25) is 4.72 Å². The Morgan fingerprint density at radius 1 is 1.28 bits per heavy atom. The van der Waals surface area contributed by atoms with Crippen molar-refractivity contribution >= 4 is 44.7 Å². The van der Waals surface area contributed by atoms with E-state index in [9.17, 15) is 18.0 Å². The van der Waals surface area contributed by atoms with Gasteiger partial charge in [0.15, 0.2) is 5.75 Å². The SMILES string of the molecule is CNS(=O)(=O)Nc1cccc(Cc2c(C)c3cc(Cl)c(OC(=O)N(C)C)cc3oc2=O)n1. The molecule has 12 heteroatoms. The van der Waals surface area contributed by atoms with E-state index in [0.717, 1.165) is 0 Å². The summed E-state index contributed by atoms with van der Waals surface area (Å²) < 4.78 is 38.4. The molecule has 0 spiro atoms. The van der Waals surface area contributed by atoms with Crippen molar-refractivity contribution in [3.05, 3.63) is 62.6 Å². The van der Waals surface area contributed by atoms with Crippen molar-refractivity contribution in [3.8, 4) is 5.75 Å². The van der Waals surface area contributed by atoms with Crippen molar-refractivity contribution in [2.24, 2.45) is 0 Å². The lowest BCUT2D eigenvalue weighted by molar-refractivity contribution is 0.172. The molecular formula is C20H21ClN4O6S. The number of hydrogen-bond acceptors (Lipinski definition) is 7. The monoisotopic (exact) mass is 480 g/mol. The Bertz CT molecular complexity index is 1350. The fraction of sp³-hybridized carbons (Fsp3) is 0.250. The predicted octanol–water partition coefficient (Wildman–Crippen LogP) is 2.68. The largest absolute Gasteiger partial charge is 0.422 e. The van der Waals surface area contributed by atoms with Crippen molar-refractivity contribution in [1.82, 2.24) is 14.6 Å². The number of fused-ring (bicyclic) bond motifs is 1. The standard InChI is InChI=1S/C20H21ClN4O6S/c1-11-13-9-15(21)17(31-20(27)25(3)4)10-16(13)30-19(26)14(11)8-12-6-5-7-18(23-12)24-32(28,29)22-2/h5-7,9-10,22H,8H2,1-4H3,(H,23,24). The number of pyridine rings is 1. The summed E-state index contributed by atoms with van der Waals surface area (Å²) in [4.78, 5) is 30.0. The van der Waals surface area contributed by atoms with Gasteiger partial charge in [0.05, 0.1) is 5.02 Å². The van der Waals surface area contributed by atoms with Crippen LogP contribution < -0.4 is 19.8 Å². The molecular weight excluding hydrogens is 460 g/mol. The highest BCUT2D eigenvalue weighted by Crippen LogP contribution is 2.32. The van der Waals surface area contributed by atoms with E-state index in [1.54, 1.807) is 25.1 Å². The van der Waals surface area contributed by atoms with Crippen LogP contribution in [0.5, 0.6) is 5.75 Å². The fourth-order valence-corrected chi connectivity index (χ4v) is 3.56. The van der Waals surface area contributed by atoms with Crippen LogP contribution in [-0.2, 0) is 16.6 Å². The molecule has 0 radical (unpaired) electrons. The molecule has 1 aromatic carbocycles. The second-order valence-electron chi connectivity index (χ2n) is 7.03. The first-order valence-electron chi connectivity index (χ1n) is 9.33. The summed E-state index contributed by atoms with van der Waals surface area (Å²) in [5.74, 6) is 0.175. The topological polar surface area (TPSA) is 131 Å². The van der Waals surface area contributed by atoms with Crippen LogP contribution in [0.3, 0.4) is 0 Å². The number of carbonyl (C=O) groups is 1. The molecule has 0 fully saturated rings. The quantitative estimate of drug-likeness (QED) is 0.518. The van der Waals surface area contributed by atoms with E-state index in [1.165, 1.54) is 38.2 Å². The highest BCUT2D eigenvalue weighted by molar-refractivity contribution is 7.90. The molecule has 170 valence electrons. The van der Waals surface area contributed by atoms with E-state index in [0.29, 0.717) is 22.2 Å². The molecule has 0 saturated heterocycles. The lowest BCUT2D eigenvalue weighted by Crippen LogP contribution is -2.27. The zero-order valence-corrected chi connectivity index (χ0v) is 19.3. The van der Waals surface area contributed by atoms with Gasteiger partial charge in [0.2, 0.25) is 0 Å². The Kier molecular flexibility index (Phi) is 6.72. The van der Waals surface area contributed by atoms with Crippen molar-refractivity contribution < 1.29 is 22.4 Å². The van der Waals surface area contributed by atoms with Gasteiger partial charge >= 0.3 is 11.7 Å². The van der Waals surface area contributed by atoms with E-state index < -0.39 is 21.9 Å². The van der Waals surface area contributed by atoms with Crippen LogP contribution in [0.2, 0.25) is 5.02 Å². The number of amides is 1. The van der Waals surface area contributed by atoms with E-state index in [-0.39, 0.29) is 28.6 Å². The number of halogens is 1. The van der Waals surface area contributed by atoms with Crippen LogP contribution in [-0.4, -0.2) is 45.5 Å². The van der Waals surface area contributed by atoms with Gasteiger partial charge in [-0.05, 0) is 30.7 Å². The van der Waals surface area contributed by atoms with Crippen molar-refractivity contribution in [2.45, 2.75) is 13.3 Å². The minimum atomic E-state index is -3.73. The molecule has 2 N–H and O–H groups in total. The summed E-state index contributed by atoms with van der Waals surface area (Å²) in [7, 11) is 0.602. The third-order valence-corrected chi connectivity index (χ3v) is 5.89. The average molecular weight is 481 g/mol. The first kappa shape index (κ1) is 23.5. The molecule has 0 aliphatic heterocycles. The highest BCUT2D eigenvalue weighted by atomic mass is 35.5. The van der Waals surface area contributed by atoms with Crippen LogP contribution in [0.25, 0.3) is 11.0 Å². The molecule has 0 atom stereocenters. The lowest BCUT2D eigenvalue weighted by Gasteiger charge is -2.13. The van der Waals surface area contributed by atoms with Crippen molar-refractivity contribution in [1.29, 1.82) is 0 Å². The molecule has 0 bridgehead atoms. The van der Waals surface area contributed by atoms with Crippen LogP contribution in [0.4, 0.5) is 10.6 Å². The van der Waals surface area contributed by atoms with E-state index in [1.807, 2.05) is 0 Å². The molecule has 2 aromatic heterocycles. The molecule has 10 nitrogen and oxygen atoms in total. The minimum absolute atomic E-state index is 0.0688. The third-order valence-electron chi connectivity index (χ3n) is 4.57. The number of rotatable bonds is 6. The molecule has 3 aromatic rings. The maximum Gasteiger partial charge on any atom is 0.414 e. The Hall–Kier alpha value is -3.15. The predicted molar refractivity (Wildman–Crippen MR) is 121 cm³/mol. The van der Waals surface area contributed by atoms with Crippen LogP contribution in [0, 0.1) is 6.92 Å². The molecule has 3 rings (SSSR count). The molecule has 0 aliphatic carbocycles. The molecule has 0 aliphatic rings. The van der Waals surface area contributed by atoms with Crippen LogP contribution in [0.1, 0.15) is 16.8 Å². The zero-order valence-electron chi connectivity index (χ0n) is 17.7. The fourth-order valence-electron chi connectivity index (χ4n) is 2.86. The number of aryl methyl sites for hydroxylation is 1. The molecule has 0 saturated carbocycles. The Balaban J connectivity index is 1.98. The molecule has 32 heavy (non-hydrogen) atoms. The number of aromatic nitrogens is 1. The van der Waals surface area contributed by atoms with Gasteiger partial charge in [0, 0.05) is 50.3 Å². The smallest absolute Gasteiger partial charge is 0.414 e. The van der Waals surface area contributed by atoms with Crippen LogP contribution in [0.15, 0.2) is 39.5 Å². The van der Waals surface area contributed by atoms with Gasteiger partial charge in [-0.2, -0.15) is 8.42 Å². The Morgan fingerprint density at radius 3 is 2.66 bits per heavy atom. The number of ether oxygens (including phenoxy) is 1. The van der Waals surface area contributed by atoms with Gasteiger partial charge in [0.1, 0.15) is 11.4 Å². The second kappa shape index (κ2) is 9.15. The summed E-state index contributed by atoms with van der Waals surface area (Å²) in [6.45, 7) is 1.74. The summed E-state index contributed by atoms with van der Waals surface area (Å²) in [5, 5.41) is 0.749. The number of carbonyl (C=O) groups excluding carboxylic acids is 1. The maximum absolute atomic E-state index is 12.7. The van der Waals surface area contributed by atoms with E-state index >= 15 is 0 Å². The van der Waals surface area contributed by atoms with E-state index in [4.69, 9.17) is 20.8 Å². The zero-order chi connectivity index (χ0) is 23.6. The summed E-state index contributed by atoms with van der Waals surface area (Å²) in [5.41, 5.74) is 1.04. The van der Waals surface area contributed by atoms with Crippen molar-refractivity contribution in [3.63, 3.8) is 0 Å². The first-order valence-corrected chi connectivity index (χ1v) is 11.2.